The highest BCUT2D eigenvalue weighted by Crippen LogP contribution is 2.38. The van der Waals surface area contributed by atoms with Gasteiger partial charge in [0.05, 0.1) is 10.0 Å². The van der Waals surface area contributed by atoms with Crippen LogP contribution < -0.4 is 4.72 Å². The third-order valence-corrected chi connectivity index (χ3v) is 7.08. The number of fused-ring (bicyclic) bond motifs is 1. The van der Waals surface area contributed by atoms with Gasteiger partial charge in [0, 0.05) is 10.9 Å². The lowest BCUT2D eigenvalue weighted by Crippen LogP contribution is -2.31. The minimum absolute atomic E-state index is 0.0219. The molecule has 0 amide bonds. The highest BCUT2D eigenvalue weighted by atomic mass is 35.5. The van der Waals surface area contributed by atoms with Gasteiger partial charge in [0.25, 0.3) is 0 Å². The molecule has 0 saturated carbocycles. The van der Waals surface area contributed by atoms with Crippen molar-refractivity contribution in [2.24, 2.45) is 0 Å². The summed E-state index contributed by atoms with van der Waals surface area (Å²) in [7, 11) is -3.87. The predicted octanol–water partition coefficient (Wildman–Crippen LogP) is 4.65. The fourth-order valence-corrected chi connectivity index (χ4v) is 5.55. The second kappa shape index (κ2) is 6.61. The molecule has 0 spiro atoms. The topological polar surface area (TPSA) is 46.2 Å². The van der Waals surface area contributed by atoms with E-state index in [4.69, 9.17) is 23.2 Å². The molecule has 0 fully saturated rings. The minimum atomic E-state index is -3.87. The van der Waals surface area contributed by atoms with Crippen molar-refractivity contribution in [2.45, 2.75) is 22.3 Å². The first-order valence-electron chi connectivity index (χ1n) is 6.77. The van der Waals surface area contributed by atoms with E-state index in [9.17, 15) is 12.8 Å². The van der Waals surface area contributed by atoms with Gasteiger partial charge in [-0.1, -0.05) is 29.3 Å². The van der Waals surface area contributed by atoms with Crippen LogP contribution in [-0.4, -0.2) is 14.2 Å². The zero-order valence-electron chi connectivity index (χ0n) is 11.7. The molecule has 0 aromatic heterocycles. The van der Waals surface area contributed by atoms with Gasteiger partial charge in [-0.2, -0.15) is 0 Å². The molecule has 23 heavy (non-hydrogen) atoms. The molecule has 3 rings (SSSR count). The summed E-state index contributed by atoms with van der Waals surface area (Å²) in [6.07, 6.45) is 0.568. The van der Waals surface area contributed by atoms with Crippen molar-refractivity contribution in [3.05, 3.63) is 57.8 Å². The Labute approximate surface area is 148 Å². The lowest BCUT2D eigenvalue weighted by atomic mass is 10.0. The smallest absolute Gasteiger partial charge is 0.207 e. The van der Waals surface area contributed by atoms with E-state index in [2.05, 4.69) is 4.72 Å². The molecule has 0 bridgehead atoms. The maximum absolute atomic E-state index is 13.5. The maximum Gasteiger partial charge on any atom is 0.242 e. The molecule has 1 N–H and O–H groups in total. The van der Waals surface area contributed by atoms with Crippen LogP contribution in [0, 0.1) is 5.82 Å². The van der Waals surface area contributed by atoms with Gasteiger partial charge in [-0.3, -0.25) is 0 Å². The van der Waals surface area contributed by atoms with Gasteiger partial charge >= 0.3 is 0 Å². The van der Waals surface area contributed by atoms with Crippen molar-refractivity contribution < 1.29 is 12.8 Å². The molecule has 1 aliphatic rings. The normalized spacial score (nSPS) is 17.8. The molecule has 1 heterocycles. The molecule has 0 aliphatic carbocycles. The van der Waals surface area contributed by atoms with Crippen molar-refractivity contribution in [2.75, 3.05) is 5.75 Å². The van der Waals surface area contributed by atoms with Crippen molar-refractivity contribution in [1.82, 2.24) is 4.72 Å². The average molecular weight is 392 g/mol. The number of hydrogen-bond donors (Lipinski definition) is 1. The molecule has 1 aliphatic heterocycles. The second-order valence-corrected chi connectivity index (χ2v) is 8.65. The predicted molar refractivity (Wildman–Crippen MR) is 91.3 cm³/mol. The number of benzene rings is 2. The number of sulfonamides is 1. The number of halogens is 3. The largest absolute Gasteiger partial charge is 0.242 e. The Morgan fingerprint density at radius 1 is 1.22 bits per heavy atom. The van der Waals surface area contributed by atoms with Crippen molar-refractivity contribution >= 4 is 45.0 Å². The van der Waals surface area contributed by atoms with Gasteiger partial charge in [0.1, 0.15) is 10.7 Å². The summed E-state index contributed by atoms with van der Waals surface area (Å²) in [4.78, 5) is 0.797. The lowest BCUT2D eigenvalue weighted by molar-refractivity contribution is 0.541. The molecule has 122 valence electrons. The van der Waals surface area contributed by atoms with E-state index in [1.54, 1.807) is 17.8 Å². The summed E-state index contributed by atoms with van der Waals surface area (Å²) in [6.45, 7) is 0. The fraction of sp³-hybridized carbons (Fsp3) is 0.200. The summed E-state index contributed by atoms with van der Waals surface area (Å²) in [5.74, 6) is 0.353. The van der Waals surface area contributed by atoms with Gasteiger partial charge in [0.15, 0.2) is 0 Å². The van der Waals surface area contributed by atoms with Crippen LogP contribution >= 0.6 is 35.0 Å². The number of hydrogen-bond acceptors (Lipinski definition) is 3. The Kier molecular flexibility index (Phi) is 4.90. The third kappa shape index (κ3) is 3.51. The highest BCUT2D eigenvalue weighted by molar-refractivity contribution is 7.99. The van der Waals surface area contributed by atoms with Gasteiger partial charge in [-0.15, -0.1) is 11.8 Å². The van der Waals surface area contributed by atoms with E-state index in [-0.39, 0.29) is 14.9 Å². The molecule has 1 atom stereocenters. The van der Waals surface area contributed by atoms with Gasteiger partial charge in [0.2, 0.25) is 10.0 Å². The zero-order chi connectivity index (χ0) is 16.6. The standard InChI is InChI=1S/C15H12Cl2FNO2S2/c16-11-2-1-3-14(15(11)17)23(20,21)19-12-6-7-22-13-5-4-9(18)8-10(12)13/h1-5,8,12,19H,6-7H2. The van der Waals surface area contributed by atoms with Crippen LogP contribution in [0.1, 0.15) is 18.0 Å². The first-order valence-corrected chi connectivity index (χ1v) is 9.99. The molecular formula is C15H12Cl2FNO2S2. The minimum Gasteiger partial charge on any atom is -0.207 e. The quantitative estimate of drug-likeness (QED) is 0.827. The van der Waals surface area contributed by atoms with Gasteiger partial charge in [-0.05, 0) is 48.1 Å². The fourth-order valence-electron chi connectivity index (χ4n) is 2.43. The van der Waals surface area contributed by atoms with Crippen molar-refractivity contribution in [3.63, 3.8) is 0 Å². The van der Waals surface area contributed by atoms with Gasteiger partial charge in [-0.25, -0.2) is 17.5 Å². The summed E-state index contributed by atoms with van der Waals surface area (Å²) < 4.78 is 41.4. The van der Waals surface area contributed by atoms with Crippen LogP contribution in [0.5, 0.6) is 0 Å². The summed E-state index contributed by atoms with van der Waals surface area (Å²) >= 11 is 13.5. The molecular weight excluding hydrogens is 380 g/mol. The molecule has 2 aromatic rings. The lowest BCUT2D eigenvalue weighted by Gasteiger charge is -2.26. The van der Waals surface area contributed by atoms with E-state index < -0.39 is 21.9 Å². The van der Waals surface area contributed by atoms with Gasteiger partial charge < -0.3 is 0 Å². The Balaban J connectivity index is 1.96. The molecule has 2 aromatic carbocycles. The molecule has 0 radical (unpaired) electrons. The van der Waals surface area contributed by atoms with Crippen LogP contribution in [0.2, 0.25) is 10.0 Å². The average Bonchev–Trinajstić information content (AvgIpc) is 2.50. The van der Waals surface area contributed by atoms with E-state index in [0.29, 0.717) is 12.0 Å². The first-order chi connectivity index (χ1) is 10.9. The van der Waals surface area contributed by atoms with E-state index >= 15 is 0 Å². The van der Waals surface area contributed by atoms with Crippen LogP contribution in [0.3, 0.4) is 0 Å². The first kappa shape index (κ1) is 17.0. The van der Waals surface area contributed by atoms with Crippen LogP contribution in [-0.2, 0) is 10.0 Å². The zero-order valence-corrected chi connectivity index (χ0v) is 14.9. The highest BCUT2D eigenvalue weighted by Gasteiger charge is 2.28. The molecule has 8 heteroatoms. The van der Waals surface area contributed by atoms with Crippen LogP contribution in [0.25, 0.3) is 0 Å². The summed E-state index contributed by atoms with van der Waals surface area (Å²) in [5, 5.41) is 0.145. The maximum atomic E-state index is 13.5. The monoisotopic (exact) mass is 391 g/mol. The number of nitrogens with one attached hydrogen (secondary N) is 1. The SMILES string of the molecule is O=S(=O)(NC1CCSc2ccc(F)cc21)c1cccc(Cl)c1Cl. The van der Waals surface area contributed by atoms with E-state index in [1.807, 2.05) is 0 Å². The molecule has 3 nitrogen and oxygen atoms in total. The van der Waals surface area contributed by atoms with Crippen molar-refractivity contribution in [1.29, 1.82) is 0 Å². The Morgan fingerprint density at radius 3 is 2.78 bits per heavy atom. The summed E-state index contributed by atoms with van der Waals surface area (Å²) in [6, 6.07) is 8.34. The second-order valence-electron chi connectivity index (χ2n) is 5.05. The third-order valence-electron chi connectivity index (χ3n) is 3.51. The Morgan fingerprint density at radius 2 is 2.00 bits per heavy atom. The van der Waals surface area contributed by atoms with E-state index in [0.717, 1.165) is 10.6 Å². The number of rotatable bonds is 3. The Bertz CT molecular complexity index is 859. The molecule has 1 unspecified atom stereocenters. The Hall–Kier alpha value is -0.790. The summed E-state index contributed by atoms with van der Waals surface area (Å²) in [5.41, 5.74) is 0.642. The van der Waals surface area contributed by atoms with Crippen LogP contribution in [0.4, 0.5) is 4.39 Å². The van der Waals surface area contributed by atoms with Crippen molar-refractivity contribution in [3.8, 4) is 0 Å². The van der Waals surface area contributed by atoms with Crippen LogP contribution in [0.15, 0.2) is 46.2 Å². The number of thioether (sulfide) groups is 1. The van der Waals surface area contributed by atoms with E-state index in [1.165, 1.54) is 30.3 Å². The molecule has 0 saturated heterocycles.